The van der Waals surface area contributed by atoms with Gasteiger partial charge in [-0.3, -0.25) is 0 Å². The number of rotatable bonds is 8. The van der Waals surface area contributed by atoms with Crippen LogP contribution in [-0.4, -0.2) is 28.7 Å². The molecule has 1 aromatic rings. The molecule has 0 saturated carbocycles. The van der Waals surface area contributed by atoms with Gasteiger partial charge >= 0.3 is 0 Å². The number of ether oxygens (including phenoxy) is 1. The van der Waals surface area contributed by atoms with Crippen LogP contribution in [0.5, 0.6) is 0 Å². The predicted molar refractivity (Wildman–Crippen MR) is 84.8 cm³/mol. The molecular formula is C14H23ClN2O3S. The van der Waals surface area contributed by atoms with Gasteiger partial charge < -0.3 is 10.5 Å². The molecular weight excluding hydrogens is 312 g/mol. The lowest BCUT2D eigenvalue weighted by atomic mass is 9.90. The first-order chi connectivity index (χ1) is 9.72. The van der Waals surface area contributed by atoms with Crippen LogP contribution in [0.3, 0.4) is 0 Å². The van der Waals surface area contributed by atoms with Crippen LogP contribution in [0.15, 0.2) is 23.1 Å². The van der Waals surface area contributed by atoms with Crippen molar-refractivity contribution < 1.29 is 13.2 Å². The van der Waals surface area contributed by atoms with Crippen LogP contribution < -0.4 is 10.5 Å². The van der Waals surface area contributed by atoms with Gasteiger partial charge in [0, 0.05) is 26.8 Å². The molecule has 120 valence electrons. The molecule has 0 aliphatic rings. The Morgan fingerprint density at radius 1 is 1.38 bits per heavy atom. The van der Waals surface area contributed by atoms with E-state index in [-0.39, 0.29) is 21.9 Å². The lowest BCUT2D eigenvalue weighted by Crippen LogP contribution is -2.34. The number of benzene rings is 1. The molecule has 0 fully saturated rings. The summed E-state index contributed by atoms with van der Waals surface area (Å²) in [5.74, 6) is 0. The van der Waals surface area contributed by atoms with Crippen LogP contribution in [0.1, 0.15) is 25.8 Å². The zero-order chi connectivity index (χ0) is 16.1. The summed E-state index contributed by atoms with van der Waals surface area (Å²) in [7, 11) is -2.04. The van der Waals surface area contributed by atoms with Gasteiger partial charge in [0.25, 0.3) is 0 Å². The molecule has 0 saturated heterocycles. The predicted octanol–water partition coefficient (Wildman–Crippen LogP) is 2.14. The fourth-order valence-electron chi connectivity index (χ4n) is 1.72. The average Bonchev–Trinajstić information content (AvgIpc) is 2.44. The largest absolute Gasteiger partial charge is 0.385 e. The lowest BCUT2D eigenvalue weighted by molar-refractivity contribution is 0.153. The molecule has 0 heterocycles. The third-order valence-corrected chi connectivity index (χ3v) is 5.13. The summed E-state index contributed by atoms with van der Waals surface area (Å²) in [6, 6.07) is 4.77. The molecule has 0 aliphatic carbocycles. The van der Waals surface area contributed by atoms with Gasteiger partial charge in [-0.2, -0.15) is 0 Å². The quantitative estimate of drug-likeness (QED) is 0.763. The molecule has 0 atom stereocenters. The van der Waals surface area contributed by atoms with Crippen LogP contribution in [0.4, 0.5) is 0 Å². The molecule has 0 spiro atoms. The first kappa shape index (κ1) is 18.4. The van der Waals surface area contributed by atoms with Crippen LogP contribution in [-0.2, 0) is 21.3 Å². The maximum Gasteiger partial charge on any atom is 0.242 e. The Morgan fingerprint density at radius 2 is 2.05 bits per heavy atom. The lowest BCUT2D eigenvalue weighted by Gasteiger charge is -2.24. The Labute approximate surface area is 131 Å². The van der Waals surface area contributed by atoms with Crippen molar-refractivity contribution >= 4 is 21.6 Å². The third-order valence-electron chi connectivity index (χ3n) is 3.24. The fraction of sp³-hybridized carbons (Fsp3) is 0.571. The molecule has 0 aromatic heterocycles. The third kappa shape index (κ3) is 5.56. The van der Waals surface area contributed by atoms with E-state index in [0.717, 1.165) is 12.0 Å². The molecule has 7 heteroatoms. The first-order valence-electron chi connectivity index (χ1n) is 6.69. The van der Waals surface area contributed by atoms with E-state index in [1.807, 2.05) is 13.8 Å². The van der Waals surface area contributed by atoms with E-state index in [1.165, 1.54) is 6.07 Å². The highest BCUT2D eigenvalue weighted by Gasteiger charge is 2.24. The van der Waals surface area contributed by atoms with Crippen LogP contribution in [0.2, 0.25) is 5.02 Å². The average molecular weight is 335 g/mol. The zero-order valence-electron chi connectivity index (χ0n) is 12.6. The fourth-order valence-corrected chi connectivity index (χ4v) is 3.51. The number of nitrogens with one attached hydrogen (secondary N) is 1. The van der Waals surface area contributed by atoms with Crippen molar-refractivity contribution in [3.63, 3.8) is 0 Å². The summed E-state index contributed by atoms with van der Waals surface area (Å²) < 4.78 is 32.4. The number of methoxy groups -OCH3 is 1. The van der Waals surface area contributed by atoms with Crippen molar-refractivity contribution in [2.24, 2.45) is 11.1 Å². The van der Waals surface area contributed by atoms with Crippen molar-refractivity contribution in [1.29, 1.82) is 0 Å². The molecule has 1 rings (SSSR count). The number of halogens is 1. The number of hydrogen-bond donors (Lipinski definition) is 2. The van der Waals surface area contributed by atoms with Gasteiger partial charge in [0.15, 0.2) is 0 Å². The van der Waals surface area contributed by atoms with Gasteiger partial charge in [0.2, 0.25) is 10.0 Å². The molecule has 0 unspecified atom stereocenters. The standard InChI is InChI=1S/C14H23ClN2O3S/c1-14(2,6-7-20-3)10-17-21(18,19)13-8-11(9-16)4-5-12(13)15/h4-5,8,17H,6-7,9-10,16H2,1-3H3. The summed E-state index contributed by atoms with van der Waals surface area (Å²) in [4.78, 5) is 0.0645. The van der Waals surface area contributed by atoms with Gasteiger partial charge in [-0.15, -0.1) is 0 Å². The van der Waals surface area contributed by atoms with E-state index in [2.05, 4.69) is 4.72 Å². The molecule has 0 radical (unpaired) electrons. The van der Waals surface area contributed by atoms with Crippen molar-refractivity contribution in [2.45, 2.75) is 31.7 Å². The minimum Gasteiger partial charge on any atom is -0.385 e. The van der Waals surface area contributed by atoms with Crippen LogP contribution in [0.25, 0.3) is 0 Å². The van der Waals surface area contributed by atoms with Crippen molar-refractivity contribution in [1.82, 2.24) is 4.72 Å². The molecule has 1 aromatic carbocycles. The molecule has 21 heavy (non-hydrogen) atoms. The van der Waals surface area contributed by atoms with Gasteiger partial charge in [0.1, 0.15) is 4.90 Å². The van der Waals surface area contributed by atoms with Crippen LogP contribution in [0, 0.1) is 5.41 Å². The van der Waals surface area contributed by atoms with E-state index in [4.69, 9.17) is 22.1 Å². The molecule has 5 nitrogen and oxygen atoms in total. The van der Waals surface area contributed by atoms with Crippen molar-refractivity contribution in [3.05, 3.63) is 28.8 Å². The normalized spacial score (nSPS) is 12.6. The second-order valence-electron chi connectivity index (χ2n) is 5.70. The Morgan fingerprint density at radius 3 is 2.62 bits per heavy atom. The topological polar surface area (TPSA) is 81.4 Å². The summed E-state index contributed by atoms with van der Waals surface area (Å²) >= 11 is 5.99. The summed E-state index contributed by atoms with van der Waals surface area (Å²) in [6.07, 6.45) is 0.753. The Bertz CT molecular complexity index is 574. The van der Waals surface area contributed by atoms with E-state index < -0.39 is 10.0 Å². The summed E-state index contributed by atoms with van der Waals surface area (Å²) in [6.45, 7) is 5.11. The maximum absolute atomic E-state index is 12.4. The number of hydrogen-bond acceptors (Lipinski definition) is 4. The zero-order valence-corrected chi connectivity index (χ0v) is 14.2. The Kier molecular flexibility index (Phi) is 6.62. The SMILES string of the molecule is COCCC(C)(C)CNS(=O)(=O)c1cc(CN)ccc1Cl. The molecule has 0 amide bonds. The number of sulfonamides is 1. The monoisotopic (exact) mass is 334 g/mol. The molecule has 0 aliphatic heterocycles. The Balaban J connectivity index is 2.87. The minimum absolute atomic E-state index is 0.0645. The highest BCUT2D eigenvalue weighted by molar-refractivity contribution is 7.89. The Hall–Kier alpha value is -0.660. The summed E-state index contributed by atoms with van der Waals surface area (Å²) in [5, 5.41) is 0.189. The second kappa shape index (κ2) is 7.56. The maximum atomic E-state index is 12.4. The van der Waals surface area contributed by atoms with E-state index >= 15 is 0 Å². The smallest absolute Gasteiger partial charge is 0.242 e. The number of nitrogens with two attached hydrogens (primary N) is 1. The van der Waals surface area contributed by atoms with Gasteiger partial charge in [0.05, 0.1) is 5.02 Å². The molecule has 3 N–H and O–H groups in total. The van der Waals surface area contributed by atoms with E-state index in [1.54, 1.807) is 19.2 Å². The van der Waals surface area contributed by atoms with E-state index in [9.17, 15) is 8.42 Å². The second-order valence-corrected chi connectivity index (χ2v) is 7.84. The van der Waals surface area contributed by atoms with E-state index in [0.29, 0.717) is 13.2 Å². The highest BCUT2D eigenvalue weighted by Crippen LogP contribution is 2.24. The molecule has 0 bridgehead atoms. The van der Waals surface area contributed by atoms with Crippen molar-refractivity contribution in [3.8, 4) is 0 Å². The van der Waals surface area contributed by atoms with Crippen molar-refractivity contribution in [2.75, 3.05) is 20.3 Å². The summed E-state index contributed by atoms with van der Waals surface area (Å²) in [5.41, 5.74) is 6.05. The van der Waals surface area contributed by atoms with Crippen LogP contribution >= 0.6 is 11.6 Å². The minimum atomic E-state index is -3.66. The van der Waals surface area contributed by atoms with Gasteiger partial charge in [-0.1, -0.05) is 31.5 Å². The van der Waals surface area contributed by atoms with Gasteiger partial charge in [-0.25, -0.2) is 13.1 Å². The van der Waals surface area contributed by atoms with Gasteiger partial charge in [-0.05, 0) is 29.5 Å². The highest BCUT2D eigenvalue weighted by atomic mass is 35.5. The first-order valence-corrected chi connectivity index (χ1v) is 8.55.